The van der Waals surface area contributed by atoms with E-state index in [1.807, 2.05) is 0 Å². The molecule has 0 unspecified atom stereocenters. The van der Waals surface area contributed by atoms with Gasteiger partial charge in [-0.2, -0.15) is 0 Å². The zero-order chi connectivity index (χ0) is 15.9. The summed E-state index contributed by atoms with van der Waals surface area (Å²) in [5, 5.41) is 0.198. The van der Waals surface area contributed by atoms with Crippen LogP contribution in [0, 0.1) is 11.7 Å². The van der Waals surface area contributed by atoms with E-state index < -0.39 is 5.82 Å². The third-order valence-corrected chi connectivity index (χ3v) is 4.04. The molecule has 0 bridgehead atoms. The van der Waals surface area contributed by atoms with Gasteiger partial charge in [0.15, 0.2) is 0 Å². The second-order valence-electron chi connectivity index (χ2n) is 5.66. The molecular formula is C15H15ClFN3O2. The van der Waals surface area contributed by atoms with Crippen molar-refractivity contribution in [2.45, 2.75) is 31.6 Å². The molecule has 2 aliphatic carbocycles. The van der Waals surface area contributed by atoms with Crippen molar-refractivity contribution >= 4 is 27.7 Å². The lowest BCUT2D eigenvalue weighted by Crippen LogP contribution is -2.31. The SMILES string of the molecule is Nn1c(C2CC2)nc2cc(F)ccc2c1=O.O=C(Cl)C1CC1. The summed E-state index contributed by atoms with van der Waals surface area (Å²) in [7, 11) is 0. The second kappa shape index (κ2) is 5.68. The molecule has 2 aromatic rings. The number of nitrogens with zero attached hydrogens (tertiary/aromatic N) is 2. The van der Waals surface area contributed by atoms with Gasteiger partial charge in [0.05, 0.1) is 10.9 Å². The maximum Gasteiger partial charge on any atom is 0.279 e. The van der Waals surface area contributed by atoms with E-state index in [1.54, 1.807) is 0 Å². The van der Waals surface area contributed by atoms with Crippen LogP contribution in [0.15, 0.2) is 23.0 Å². The van der Waals surface area contributed by atoms with Crippen molar-refractivity contribution in [1.29, 1.82) is 0 Å². The standard InChI is InChI=1S/C11H10FN3O.C4H5ClO/c12-7-3-4-8-9(5-7)14-10(6-1-2-6)15(13)11(8)16;5-4(6)3-1-2-3/h3-6H,1-2,13H2;3H,1-2H2. The fourth-order valence-corrected chi connectivity index (χ4v) is 2.35. The maximum atomic E-state index is 13.0. The summed E-state index contributed by atoms with van der Waals surface area (Å²) in [4.78, 5) is 26.1. The smallest absolute Gasteiger partial charge is 0.279 e. The molecule has 4 rings (SSSR count). The Kier molecular flexibility index (Phi) is 3.87. The number of carbonyl (C=O) groups excluding carboxylic acids is 1. The van der Waals surface area contributed by atoms with Crippen LogP contribution in [0.1, 0.15) is 37.4 Å². The summed E-state index contributed by atoms with van der Waals surface area (Å²) in [6.45, 7) is 0. The Bertz CT molecular complexity index is 797. The minimum Gasteiger partial charge on any atom is -0.335 e. The number of hydrogen-bond acceptors (Lipinski definition) is 4. The average Bonchev–Trinajstić information content (AvgIpc) is 3.36. The molecule has 5 nitrogen and oxygen atoms in total. The van der Waals surface area contributed by atoms with Crippen LogP contribution in [0.5, 0.6) is 0 Å². The van der Waals surface area contributed by atoms with Crippen LogP contribution >= 0.6 is 11.6 Å². The topological polar surface area (TPSA) is 78.0 Å². The van der Waals surface area contributed by atoms with Gasteiger partial charge in [0.25, 0.3) is 5.56 Å². The van der Waals surface area contributed by atoms with Gasteiger partial charge in [-0.3, -0.25) is 9.59 Å². The molecule has 1 aromatic carbocycles. The van der Waals surface area contributed by atoms with Crippen LogP contribution in [0.25, 0.3) is 10.9 Å². The molecule has 0 atom stereocenters. The van der Waals surface area contributed by atoms with Crippen molar-refractivity contribution < 1.29 is 9.18 Å². The Morgan fingerprint density at radius 1 is 1.32 bits per heavy atom. The third-order valence-electron chi connectivity index (χ3n) is 3.73. The molecule has 22 heavy (non-hydrogen) atoms. The van der Waals surface area contributed by atoms with E-state index in [1.165, 1.54) is 18.2 Å². The van der Waals surface area contributed by atoms with Gasteiger partial charge in [0.1, 0.15) is 11.6 Å². The highest BCUT2D eigenvalue weighted by atomic mass is 35.5. The van der Waals surface area contributed by atoms with E-state index in [-0.39, 0.29) is 22.6 Å². The van der Waals surface area contributed by atoms with E-state index in [0.717, 1.165) is 30.4 Å². The van der Waals surface area contributed by atoms with Gasteiger partial charge >= 0.3 is 0 Å². The van der Waals surface area contributed by atoms with Crippen molar-refractivity contribution in [3.05, 3.63) is 40.2 Å². The minimum atomic E-state index is -0.393. The highest BCUT2D eigenvalue weighted by Gasteiger charge is 2.29. The molecule has 1 heterocycles. The molecule has 0 aliphatic heterocycles. The summed E-state index contributed by atoms with van der Waals surface area (Å²) >= 11 is 5.04. The molecule has 0 saturated heterocycles. The molecule has 116 valence electrons. The second-order valence-corrected chi connectivity index (χ2v) is 6.03. The molecule has 0 radical (unpaired) electrons. The van der Waals surface area contributed by atoms with Gasteiger partial charge in [-0.15, -0.1) is 0 Å². The number of hydrogen-bond donors (Lipinski definition) is 1. The van der Waals surface area contributed by atoms with Crippen molar-refractivity contribution in [2.75, 3.05) is 5.84 Å². The van der Waals surface area contributed by atoms with Crippen LogP contribution in [-0.2, 0) is 4.79 Å². The summed E-state index contributed by atoms with van der Waals surface area (Å²) in [6.07, 6.45) is 4.01. The van der Waals surface area contributed by atoms with Crippen LogP contribution in [0.2, 0.25) is 0 Å². The molecule has 1 aromatic heterocycles. The van der Waals surface area contributed by atoms with E-state index in [2.05, 4.69) is 4.98 Å². The molecule has 0 amide bonds. The molecule has 7 heteroatoms. The lowest BCUT2D eigenvalue weighted by molar-refractivity contribution is -0.112. The van der Waals surface area contributed by atoms with E-state index in [4.69, 9.17) is 17.4 Å². The zero-order valence-electron chi connectivity index (χ0n) is 11.8. The normalized spacial score (nSPS) is 17.0. The van der Waals surface area contributed by atoms with Gasteiger partial charge in [0.2, 0.25) is 5.24 Å². The molecule has 2 N–H and O–H groups in total. The van der Waals surface area contributed by atoms with Crippen LogP contribution in [0.3, 0.4) is 0 Å². The highest BCUT2D eigenvalue weighted by Crippen LogP contribution is 2.38. The number of carbonyl (C=O) groups is 1. The summed E-state index contributed by atoms with van der Waals surface area (Å²) in [6, 6.07) is 3.92. The van der Waals surface area contributed by atoms with Crippen molar-refractivity contribution in [3.8, 4) is 0 Å². The predicted octanol–water partition coefficient (Wildman–Crippen LogP) is 2.29. The molecular weight excluding hydrogens is 309 g/mol. The first-order valence-electron chi connectivity index (χ1n) is 7.14. The number of fused-ring (bicyclic) bond motifs is 1. The van der Waals surface area contributed by atoms with Gasteiger partial charge < -0.3 is 5.84 Å². The summed E-state index contributed by atoms with van der Waals surface area (Å²) in [5.41, 5.74) is 0.0699. The number of nitrogen functional groups attached to an aromatic ring is 1. The van der Waals surface area contributed by atoms with Gasteiger partial charge in [-0.05, 0) is 49.4 Å². The maximum absolute atomic E-state index is 13.0. The predicted molar refractivity (Wildman–Crippen MR) is 81.7 cm³/mol. The largest absolute Gasteiger partial charge is 0.335 e. The lowest BCUT2D eigenvalue weighted by atomic mass is 10.2. The number of benzene rings is 1. The fraction of sp³-hybridized carbons (Fsp3) is 0.400. The Balaban J connectivity index is 0.000000202. The number of aromatic nitrogens is 2. The number of halogens is 2. The molecule has 0 spiro atoms. The first-order valence-corrected chi connectivity index (χ1v) is 7.52. The van der Waals surface area contributed by atoms with E-state index in [9.17, 15) is 14.0 Å². The minimum absolute atomic E-state index is 0.157. The summed E-state index contributed by atoms with van der Waals surface area (Å²) in [5.74, 6) is 6.32. The quantitative estimate of drug-likeness (QED) is 0.679. The number of nitrogens with two attached hydrogens (primary N) is 1. The summed E-state index contributed by atoms with van der Waals surface area (Å²) < 4.78 is 14.1. The fourth-order valence-electron chi connectivity index (χ4n) is 2.13. The average molecular weight is 324 g/mol. The first-order chi connectivity index (χ1) is 10.5. The molecule has 2 fully saturated rings. The van der Waals surface area contributed by atoms with E-state index >= 15 is 0 Å². The van der Waals surface area contributed by atoms with Gasteiger partial charge in [-0.25, -0.2) is 14.1 Å². The first kappa shape index (κ1) is 15.0. The molecule has 2 aliphatic rings. The van der Waals surface area contributed by atoms with Gasteiger partial charge in [0, 0.05) is 17.9 Å². The van der Waals surface area contributed by atoms with E-state index in [0.29, 0.717) is 16.7 Å². The molecule has 2 saturated carbocycles. The monoisotopic (exact) mass is 323 g/mol. The Morgan fingerprint density at radius 3 is 2.50 bits per heavy atom. The van der Waals surface area contributed by atoms with Crippen LogP contribution < -0.4 is 11.4 Å². The van der Waals surface area contributed by atoms with Gasteiger partial charge in [-0.1, -0.05) is 0 Å². The Morgan fingerprint density at radius 2 is 2.00 bits per heavy atom. The van der Waals surface area contributed by atoms with Crippen molar-refractivity contribution in [2.24, 2.45) is 5.92 Å². The number of rotatable bonds is 2. The Labute approximate surface area is 130 Å². The zero-order valence-corrected chi connectivity index (χ0v) is 12.5. The van der Waals surface area contributed by atoms with Crippen LogP contribution in [-0.4, -0.2) is 14.9 Å². The lowest BCUT2D eigenvalue weighted by Gasteiger charge is -2.07. The van der Waals surface area contributed by atoms with Crippen molar-refractivity contribution in [3.63, 3.8) is 0 Å². The Hall–Kier alpha value is -1.95. The highest BCUT2D eigenvalue weighted by molar-refractivity contribution is 6.64. The third kappa shape index (κ3) is 3.11. The van der Waals surface area contributed by atoms with Crippen LogP contribution in [0.4, 0.5) is 4.39 Å². The van der Waals surface area contributed by atoms with Crippen molar-refractivity contribution in [1.82, 2.24) is 9.66 Å².